The number of halogens is 1. The third kappa shape index (κ3) is 4.08. The Morgan fingerprint density at radius 3 is 2.42 bits per heavy atom. The molecule has 3 aliphatic rings. The summed E-state index contributed by atoms with van der Waals surface area (Å²) in [6.45, 7) is 8.15. The van der Waals surface area contributed by atoms with Crippen LogP contribution in [-0.4, -0.2) is 79.6 Å². The summed E-state index contributed by atoms with van der Waals surface area (Å²) < 4.78 is 11.2. The van der Waals surface area contributed by atoms with Crippen molar-refractivity contribution < 1.29 is 14.3 Å². The van der Waals surface area contributed by atoms with E-state index in [2.05, 4.69) is 9.80 Å². The molecule has 0 atom stereocenters. The van der Waals surface area contributed by atoms with E-state index in [0.29, 0.717) is 30.5 Å². The monoisotopic (exact) mass is 379 g/mol. The van der Waals surface area contributed by atoms with E-state index < -0.39 is 0 Å². The minimum Gasteiger partial charge on any atom is -0.486 e. The molecule has 2 fully saturated rings. The molecule has 0 bridgehead atoms. The molecule has 4 rings (SSSR count). The molecule has 142 valence electrons. The highest BCUT2D eigenvalue weighted by molar-refractivity contribution is 6.32. The Labute approximate surface area is 159 Å². The van der Waals surface area contributed by atoms with Crippen molar-refractivity contribution in [3.05, 3.63) is 22.7 Å². The normalized spacial score (nSPS) is 21.2. The third-order valence-electron chi connectivity index (χ3n) is 5.35. The van der Waals surface area contributed by atoms with Crippen LogP contribution in [0.25, 0.3) is 0 Å². The molecule has 0 N–H and O–H groups in total. The van der Waals surface area contributed by atoms with E-state index >= 15 is 0 Å². The van der Waals surface area contributed by atoms with E-state index in [4.69, 9.17) is 21.1 Å². The van der Waals surface area contributed by atoms with Gasteiger partial charge in [0.05, 0.1) is 11.6 Å². The number of carbonyl (C=O) groups is 1. The Balaban J connectivity index is 1.28. The van der Waals surface area contributed by atoms with Crippen molar-refractivity contribution in [3.8, 4) is 11.5 Å². The van der Waals surface area contributed by atoms with Gasteiger partial charge < -0.3 is 14.4 Å². The molecule has 7 heteroatoms. The maximum absolute atomic E-state index is 12.3. The number of amides is 1. The second-order valence-corrected chi connectivity index (χ2v) is 7.65. The first-order chi connectivity index (χ1) is 12.7. The molecule has 0 unspecified atom stereocenters. The van der Waals surface area contributed by atoms with Gasteiger partial charge in [0.1, 0.15) is 13.2 Å². The lowest BCUT2D eigenvalue weighted by Crippen LogP contribution is -2.49. The fourth-order valence-electron chi connectivity index (χ4n) is 3.88. The fourth-order valence-corrected chi connectivity index (χ4v) is 4.16. The van der Waals surface area contributed by atoms with Gasteiger partial charge in [-0.2, -0.15) is 0 Å². The minimum atomic E-state index is 0.287. The Kier molecular flexibility index (Phi) is 5.52. The Bertz CT molecular complexity index is 656. The summed E-state index contributed by atoms with van der Waals surface area (Å²) in [6.07, 6.45) is 2.30. The van der Waals surface area contributed by atoms with Gasteiger partial charge in [0.2, 0.25) is 5.91 Å². The molecule has 2 saturated heterocycles. The van der Waals surface area contributed by atoms with Crippen LogP contribution < -0.4 is 9.47 Å². The highest BCUT2D eigenvalue weighted by Gasteiger charge is 2.24. The summed E-state index contributed by atoms with van der Waals surface area (Å²) in [6, 6.07) is 4.00. The van der Waals surface area contributed by atoms with Gasteiger partial charge in [-0.15, -0.1) is 0 Å². The first-order valence-corrected chi connectivity index (χ1v) is 9.87. The van der Waals surface area contributed by atoms with Crippen molar-refractivity contribution in [1.29, 1.82) is 0 Å². The summed E-state index contributed by atoms with van der Waals surface area (Å²) in [4.78, 5) is 19.0. The Hall–Kier alpha value is -1.50. The van der Waals surface area contributed by atoms with Crippen molar-refractivity contribution in [2.75, 3.05) is 59.0 Å². The zero-order valence-electron chi connectivity index (χ0n) is 15.1. The number of benzene rings is 1. The van der Waals surface area contributed by atoms with E-state index in [9.17, 15) is 4.79 Å². The summed E-state index contributed by atoms with van der Waals surface area (Å²) in [5, 5.41) is 0.618. The molecule has 0 aromatic heterocycles. The van der Waals surface area contributed by atoms with E-state index in [1.54, 1.807) is 0 Å². The molecule has 3 aliphatic heterocycles. The third-order valence-corrected chi connectivity index (χ3v) is 5.63. The van der Waals surface area contributed by atoms with E-state index in [-0.39, 0.29) is 5.91 Å². The van der Waals surface area contributed by atoms with Crippen LogP contribution >= 0.6 is 11.6 Å². The van der Waals surface area contributed by atoms with Crippen LogP contribution in [0.1, 0.15) is 18.4 Å². The first-order valence-electron chi connectivity index (χ1n) is 9.49. The lowest BCUT2D eigenvalue weighted by Gasteiger charge is -2.35. The predicted molar refractivity (Wildman–Crippen MR) is 100.0 cm³/mol. The second-order valence-electron chi connectivity index (χ2n) is 7.24. The van der Waals surface area contributed by atoms with Gasteiger partial charge in [0.25, 0.3) is 0 Å². The molecule has 0 radical (unpaired) electrons. The SMILES string of the molecule is O=C(CN1CCN(Cc2cc(Cl)c3c(c2)OCCO3)CC1)N1CCCC1. The number of rotatable bonds is 4. The van der Waals surface area contributed by atoms with Gasteiger partial charge in [0, 0.05) is 45.8 Å². The van der Waals surface area contributed by atoms with Gasteiger partial charge in [-0.05, 0) is 30.5 Å². The molecule has 0 aliphatic carbocycles. The number of piperazine rings is 1. The molecule has 1 amide bonds. The molecule has 3 heterocycles. The largest absolute Gasteiger partial charge is 0.486 e. The van der Waals surface area contributed by atoms with Crippen LogP contribution in [0, 0.1) is 0 Å². The number of fused-ring (bicyclic) bond motifs is 1. The molecular formula is C19H26ClN3O3. The van der Waals surface area contributed by atoms with Crippen molar-refractivity contribution in [1.82, 2.24) is 14.7 Å². The highest BCUT2D eigenvalue weighted by atomic mass is 35.5. The van der Waals surface area contributed by atoms with Gasteiger partial charge in [-0.3, -0.25) is 14.6 Å². The lowest BCUT2D eigenvalue weighted by atomic mass is 10.1. The van der Waals surface area contributed by atoms with Crippen LogP contribution in [0.2, 0.25) is 5.02 Å². The predicted octanol–water partition coefficient (Wildman–Crippen LogP) is 1.85. The Morgan fingerprint density at radius 2 is 1.65 bits per heavy atom. The zero-order valence-corrected chi connectivity index (χ0v) is 15.8. The quantitative estimate of drug-likeness (QED) is 0.799. The Morgan fingerprint density at radius 1 is 0.962 bits per heavy atom. The van der Waals surface area contributed by atoms with Gasteiger partial charge in [-0.1, -0.05) is 11.6 Å². The van der Waals surface area contributed by atoms with Crippen molar-refractivity contribution in [2.24, 2.45) is 0 Å². The molecular weight excluding hydrogens is 354 g/mol. The summed E-state index contributed by atoms with van der Waals surface area (Å²) >= 11 is 6.33. The highest BCUT2D eigenvalue weighted by Crippen LogP contribution is 2.38. The van der Waals surface area contributed by atoms with Crippen LogP contribution in [-0.2, 0) is 11.3 Å². The van der Waals surface area contributed by atoms with Crippen molar-refractivity contribution in [2.45, 2.75) is 19.4 Å². The van der Waals surface area contributed by atoms with Crippen LogP contribution in [0.3, 0.4) is 0 Å². The van der Waals surface area contributed by atoms with E-state index in [1.807, 2.05) is 17.0 Å². The summed E-state index contributed by atoms with van der Waals surface area (Å²) in [7, 11) is 0. The van der Waals surface area contributed by atoms with Gasteiger partial charge in [-0.25, -0.2) is 0 Å². The summed E-state index contributed by atoms with van der Waals surface area (Å²) in [5.74, 6) is 1.69. The maximum Gasteiger partial charge on any atom is 0.236 e. The second kappa shape index (κ2) is 8.03. The number of carbonyl (C=O) groups excluding carboxylic acids is 1. The number of hydrogen-bond donors (Lipinski definition) is 0. The average molecular weight is 380 g/mol. The first kappa shape index (κ1) is 17.9. The maximum atomic E-state index is 12.3. The lowest BCUT2D eigenvalue weighted by molar-refractivity contribution is -0.131. The molecule has 0 spiro atoms. The molecule has 0 saturated carbocycles. The molecule has 1 aromatic carbocycles. The van der Waals surface area contributed by atoms with Gasteiger partial charge >= 0.3 is 0 Å². The van der Waals surface area contributed by atoms with E-state index in [0.717, 1.165) is 70.0 Å². The number of nitrogens with zero attached hydrogens (tertiary/aromatic N) is 3. The average Bonchev–Trinajstić information content (AvgIpc) is 3.18. The van der Waals surface area contributed by atoms with Gasteiger partial charge in [0.15, 0.2) is 11.5 Å². The van der Waals surface area contributed by atoms with E-state index in [1.165, 1.54) is 0 Å². The number of ether oxygens (including phenoxy) is 2. The van der Waals surface area contributed by atoms with Crippen LogP contribution in [0.15, 0.2) is 12.1 Å². The fraction of sp³-hybridized carbons (Fsp3) is 0.632. The minimum absolute atomic E-state index is 0.287. The number of likely N-dealkylation sites (tertiary alicyclic amines) is 1. The standard InChI is InChI=1S/C19H26ClN3O3/c20-16-11-15(12-17-19(16)26-10-9-25-17)13-21-5-7-22(8-6-21)14-18(24)23-3-1-2-4-23/h11-12H,1-10,13-14H2. The topological polar surface area (TPSA) is 45.3 Å². The van der Waals surface area contributed by atoms with Crippen molar-refractivity contribution in [3.63, 3.8) is 0 Å². The molecule has 26 heavy (non-hydrogen) atoms. The molecule has 6 nitrogen and oxygen atoms in total. The molecule has 1 aromatic rings. The zero-order chi connectivity index (χ0) is 17.9. The van der Waals surface area contributed by atoms with Crippen LogP contribution in [0.5, 0.6) is 11.5 Å². The van der Waals surface area contributed by atoms with Crippen LogP contribution in [0.4, 0.5) is 0 Å². The van der Waals surface area contributed by atoms with Crippen molar-refractivity contribution >= 4 is 17.5 Å². The smallest absolute Gasteiger partial charge is 0.236 e. The number of hydrogen-bond acceptors (Lipinski definition) is 5. The summed E-state index contributed by atoms with van der Waals surface area (Å²) in [5.41, 5.74) is 1.14.